The number of carbonyl (C=O) groups excluding carboxylic acids is 1. The highest BCUT2D eigenvalue weighted by Gasteiger charge is 2.17. The molecular weight excluding hydrogens is 313 g/mol. The molecule has 0 spiro atoms. The van der Waals surface area contributed by atoms with Crippen LogP contribution in [0.4, 0.5) is 4.79 Å². The van der Waals surface area contributed by atoms with Crippen LogP contribution in [0.2, 0.25) is 5.02 Å². The van der Waals surface area contributed by atoms with E-state index in [0.717, 1.165) is 0 Å². The van der Waals surface area contributed by atoms with Crippen LogP contribution < -0.4 is 9.46 Å². The Hall–Kier alpha value is -0.980. The lowest BCUT2D eigenvalue weighted by Gasteiger charge is -2.14. The first kappa shape index (κ1) is 16.1. The number of hydrogen-bond acceptors (Lipinski definition) is 4. The Morgan fingerprint density at radius 3 is 2.42 bits per heavy atom. The Labute approximate surface area is 121 Å². The van der Waals surface area contributed by atoms with Gasteiger partial charge in [0.25, 0.3) is 0 Å². The van der Waals surface area contributed by atoms with E-state index in [2.05, 4.69) is 0 Å². The van der Waals surface area contributed by atoms with Gasteiger partial charge in [0, 0.05) is 15.7 Å². The number of hydrogen-bond donors (Lipinski definition) is 1. The number of rotatable bonds is 3. The molecule has 0 aliphatic heterocycles. The van der Waals surface area contributed by atoms with Gasteiger partial charge in [-0.25, -0.2) is 9.52 Å². The summed E-state index contributed by atoms with van der Waals surface area (Å²) < 4.78 is 27.9. The topological polar surface area (TPSA) is 72.5 Å². The van der Waals surface area contributed by atoms with Gasteiger partial charge in [-0.2, -0.15) is 8.42 Å². The third kappa shape index (κ3) is 4.89. The Morgan fingerprint density at radius 2 is 1.95 bits per heavy atom. The van der Waals surface area contributed by atoms with Crippen LogP contribution in [-0.4, -0.2) is 14.5 Å². The fraction of sp³-hybridized carbons (Fsp3) is 0.364. The molecule has 0 fully saturated rings. The molecule has 0 atom stereocenters. The summed E-state index contributed by atoms with van der Waals surface area (Å²) in [7, 11) is 0.719. The molecule has 8 heteroatoms. The van der Waals surface area contributed by atoms with E-state index < -0.39 is 15.3 Å². The van der Waals surface area contributed by atoms with E-state index in [0.29, 0.717) is 16.1 Å². The van der Waals surface area contributed by atoms with Crippen molar-refractivity contribution < 1.29 is 17.9 Å². The quantitative estimate of drug-likeness (QED) is 0.865. The maximum atomic E-state index is 11.4. The average molecular weight is 326 g/mol. The van der Waals surface area contributed by atoms with Crippen LogP contribution in [0.1, 0.15) is 30.9 Å². The monoisotopic (exact) mass is 325 g/mol. The van der Waals surface area contributed by atoms with Crippen molar-refractivity contribution in [3.8, 4) is 5.75 Å². The summed E-state index contributed by atoms with van der Waals surface area (Å²) in [5, 5.41) is 0.543. The van der Waals surface area contributed by atoms with Crippen LogP contribution in [0.25, 0.3) is 0 Å². The predicted molar refractivity (Wildman–Crippen MR) is 74.2 cm³/mol. The van der Waals surface area contributed by atoms with Crippen LogP contribution in [0.3, 0.4) is 0 Å². The molecule has 1 amide bonds. The fourth-order valence-electron chi connectivity index (χ4n) is 1.43. The van der Waals surface area contributed by atoms with Crippen LogP contribution in [-0.2, 0) is 9.24 Å². The molecule has 1 aromatic carbocycles. The average Bonchev–Trinajstić information content (AvgIpc) is 2.19. The van der Waals surface area contributed by atoms with Gasteiger partial charge >= 0.3 is 15.3 Å². The normalized spacial score (nSPS) is 11.5. The molecule has 1 aromatic rings. The number of nitrogens with one attached hydrogen (secondary N) is 1. The molecule has 5 nitrogen and oxygen atoms in total. The van der Waals surface area contributed by atoms with E-state index in [-0.39, 0.29) is 11.7 Å². The predicted octanol–water partition coefficient (Wildman–Crippen LogP) is 3.34. The van der Waals surface area contributed by atoms with Crippen molar-refractivity contribution in [1.82, 2.24) is 4.72 Å². The minimum atomic E-state index is -4.17. The van der Waals surface area contributed by atoms with Gasteiger partial charge in [0.05, 0.1) is 0 Å². The fourth-order valence-corrected chi connectivity index (χ4v) is 2.03. The Bertz CT molecular complexity index is 599. The van der Waals surface area contributed by atoms with Gasteiger partial charge in [0.2, 0.25) is 0 Å². The second-order valence-corrected chi connectivity index (χ2v) is 6.93. The molecule has 0 saturated carbocycles. The summed E-state index contributed by atoms with van der Waals surface area (Å²) in [5.41, 5.74) is 1.40. The second kappa shape index (κ2) is 5.98. The Kier molecular flexibility index (Phi) is 5.06. The number of amides is 1. The van der Waals surface area contributed by atoms with Gasteiger partial charge in [-0.15, -0.1) is 0 Å². The number of carbonyl (C=O) groups is 1. The maximum absolute atomic E-state index is 11.4. The largest absolute Gasteiger partial charge is 0.427 e. The molecule has 1 N–H and O–H groups in total. The highest BCUT2D eigenvalue weighted by Crippen LogP contribution is 2.32. The summed E-state index contributed by atoms with van der Waals surface area (Å²) in [6.07, 6.45) is -1.17. The van der Waals surface area contributed by atoms with Crippen molar-refractivity contribution in [1.29, 1.82) is 0 Å². The zero-order valence-electron chi connectivity index (χ0n) is 10.5. The number of benzene rings is 1. The van der Waals surface area contributed by atoms with Gasteiger partial charge in [-0.3, -0.25) is 0 Å². The molecule has 0 bridgehead atoms. The lowest BCUT2D eigenvalue weighted by molar-refractivity contribution is 0.206. The summed E-state index contributed by atoms with van der Waals surface area (Å²) in [6, 6.07) is 3.25. The zero-order valence-corrected chi connectivity index (χ0v) is 12.9. The van der Waals surface area contributed by atoms with Crippen LogP contribution >= 0.6 is 22.3 Å². The van der Waals surface area contributed by atoms with Crippen molar-refractivity contribution in [3.63, 3.8) is 0 Å². The zero-order chi connectivity index (χ0) is 14.8. The second-order valence-electron chi connectivity index (χ2n) is 4.22. The molecule has 19 heavy (non-hydrogen) atoms. The maximum Gasteiger partial charge on any atom is 0.427 e. The molecule has 106 valence electrons. The third-order valence-corrected chi connectivity index (χ3v) is 3.37. The molecule has 0 aromatic heterocycles. The SMILES string of the molecule is Cc1cc(OC(=O)NS(=O)(=O)Cl)c(C(C)C)cc1Cl. The van der Waals surface area contributed by atoms with Crippen molar-refractivity contribution in [2.75, 3.05) is 0 Å². The van der Waals surface area contributed by atoms with E-state index in [1.54, 1.807) is 19.1 Å². The highest BCUT2D eigenvalue weighted by molar-refractivity contribution is 8.12. The van der Waals surface area contributed by atoms with Crippen LogP contribution in [0.5, 0.6) is 5.75 Å². The minimum absolute atomic E-state index is 0.0495. The summed E-state index contributed by atoms with van der Waals surface area (Å²) in [4.78, 5) is 11.4. The van der Waals surface area contributed by atoms with Crippen molar-refractivity contribution in [2.24, 2.45) is 0 Å². The number of halogens is 2. The van der Waals surface area contributed by atoms with Crippen molar-refractivity contribution >= 4 is 37.6 Å². The van der Waals surface area contributed by atoms with Gasteiger partial charge in [0.15, 0.2) is 0 Å². The van der Waals surface area contributed by atoms with Crippen LogP contribution in [0.15, 0.2) is 12.1 Å². The van der Waals surface area contributed by atoms with E-state index in [1.807, 2.05) is 13.8 Å². The molecule has 0 saturated heterocycles. The van der Waals surface area contributed by atoms with Gasteiger partial charge < -0.3 is 4.74 Å². The first-order chi connectivity index (χ1) is 8.60. The van der Waals surface area contributed by atoms with Gasteiger partial charge in [-0.05, 0) is 36.1 Å². The summed E-state index contributed by atoms with van der Waals surface area (Å²) >= 11 is 6.00. The summed E-state index contributed by atoms with van der Waals surface area (Å²) in [6.45, 7) is 5.53. The van der Waals surface area contributed by atoms with E-state index in [9.17, 15) is 13.2 Å². The molecule has 0 aliphatic rings. The standard InChI is InChI=1S/C11H13Cl2NO4S/c1-6(2)8-5-9(12)7(3)4-10(8)18-11(15)14-19(13,16)17/h4-6H,1-3H3,(H,14,15). The molecule has 1 rings (SSSR count). The first-order valence-corrected chi connectivity index (χ1v) is 8.03. The molecule has 0 unspecified atom stereocenters. The lowest BCUT2D eigenvalue weighted by atomic mass is 10.0. The number of aryl methyl sites for hydroxylation is 1. The molecule has 0 radical (unpaired) electrons. The highest BCUT2D eigenvalue weighted by atomic mass is 35.7. The smallest absolute Gasteiger partial charge is 0.409 e. The first-order valence-electron chi connectivity index (χ1n) is 5.34. The lowest BCUT2D eigenvalue weighted by Crippen LogP contribution is -2.29. The van der Waals surface area contributed by atoms with Crippen molar-refractivity contribution in [2.45, 2.75) is 26.7 Å². The van der Waals surface area contributed by atoms with Gasteiger partial charge in [-0.1, -0.05) is 25.4 Å². The third-order valence-electron chi connectivity index (χ3n) is 2.32. The Morgan fingerprint density at radius 1 is 1.37 bits per heavy atom. The summed E-state index contributed by atoms with van der Waals surface area (Å²) in [5.74, 6) is 0.295. The van der Waals surface area contributed by atoms with Crippen LogP contribution in [0, 0.1) is 6.92 Å². The molecular formula is C11H13Cl2NO4S. The Balaban J connectivity index is 3.06. The van der Waals surface area contributed by atoms with Gasteiger partial charge in [0.1, 0.15) is 5.75 Å². The molecule has 0 heterocycles. The minimum Gasteiger partial charge on any atom is -0.409 e. The van der Waals surface area contributed by atoms with E-state index in [4.69, 9.17) is 27.0 Å². The van der Waals surface area contributed by atoms with E-state index in [1.165, 1.54) is 4.72 Å². The van der Waals surface area contributed by atoms with Crippen molar-refractivity contribution in [3.05, 3.63) is 28.3 Å². The molecule has 0 aliphatic carbocycles. The van der Waals surface area contributed by atoms with E-state index >= 15 is 0 Å². The number of ether oxygens (including phenoxy) is 1.